The van der Waals surface area contributed by atoms with Gasteiger partial charge in [0.05, 0.1) is 18.8 Å². The van der Waals surface area contributed by atoms with Crippen molar-refractivity contribution in [1.29, 1.82) is 0 Å². The summed E-state index contributed by atoms with van der Waals surface area (Å²) in [4.78, 5) is 11.4. The third kappa shape index (κ3) is 10.8. The van der Waals surface area contributed by atoms with E-state index in [1.54, 1.807) is 64.2 Å². The summed E-state index contributed by atoms with van der Waals surface area (Å²) in [6.07, 6.45) is -1.84. The molecule has 0 radical (unpaired) electrons. The number of carbonyl (C=O) groups excluding carboxylic acids is 1. The Kier molecular flexibility index (Phi) is 11.2. The van der Waals surface area contributed by atoms with Crippen molar-refractivity contribution in [3.8, 4) is 0 Å². The van der Waals surface area contributed by atoms with Gasteiger partial charge in [-0.15, -0.1) is 0 Å². The van der Waals surface area contributed by atoms with Crippen LogP contribution in [0.5, 0.6) is 0 Å². The molecule has 0 aliphatic rings. The van der Waals surface area contributed by atoms with Crippen LogP contribution in [0.15, 0.2) is 48.5 Å². The van der Waals surface area contributed by atoms with Crippen molar-refractivity contribution in [3.05, 3.63) is 69.7 Å². The smallest absolute Gasteiger partial charge is 0.407 e. The van der Waals surface area contributed by atoms with Gasteiger partial charge in [-0.25, -0.2) is 4.79 Å². The van der Waals surface area contributed by atoms with Gasteiger partial charge >= 0.3 is 6.09 Å². The van der Waals surface area contributed by atoms with Crippen molar-refractivity contribution >= 4 is 29.3 Å². The third-order valence-corrected chi connectivity index (χ3v) is 4.17. The number of likely N-dealkylation sites (N-methyl/N-ethyl adjacent to an activating group) is 1. The van der Waals surface area contributed by atoms with E-state index in [2.05, 4.69) is 10.6 Å². The largest absolute Gasteiger partial charge is 0.444 e. The van der Waals surface area contributed by atoms with Gasteiger partial charge in [-0.3, -0.25) is 0 Å². The minimum Gasteiger partial charge on any atom is -0.444 e. The van der Waals surface area contributed by atoms with Gasteiger partial charge in [0.25, 0.3) is 0 Å². The lowest BCUT2D eigenvalue weighted by Crippen LogP contribution is -2.34. The van der Waals surface area contributed by atoms with E-state index >= 15 is 0 Å². The minimum absolute atomic E-state index is 0.0786. The first-order valence-corrected chi connectivity index (χ1v) is 10.3. The molecule has 0 saturated heterocycles. The highest BCUT2D eigenvalue weighted by molar-refractivity contribution is 6.30. The number of ether oxygens (including phenoxy) is 1. The second-order valence-electron chi connectivity index (χ2n) is 7.58. The first-order chi connectivity index (χ1) is 14.0. The standard InChI is InChI=1S/C13H18ClNO3.C9H12ClNO/c1-13(2,3)18-12(17)15-8-11(16)9-5-4-6-10(14)7-9;1-11-6-9(12)7-3-2-4-8(10)5-7/h4-7,11,16H,8H2,1-3H3,(H,15,17);2-5,9,11-12H,6H2,1H3/t11-;9-/m00/s1. The van der Waals surface area contributed by atoms with Gasteiger partial charge in [0.2, 0.25) is 0 Å². The van der Waals surface area contributed by atoms with E-state index in [0.717, 1.165) is 5.56 Å². The Labute approximate surface area is 188 Å². The molecule has 2 rings (SSSR count). The number of benzene rings is 2. The first kappa shape index (κ1) is 26.2. The van der Waals surface area contributed by atoms with Crippen molar-refractivity contribution in [3.63, 3.8) is 0 Å². The predicted molar refractivity (Wildman–Crippen MR) is 121 cm³/mol. The van der Waals surface area contributed by atoms with Crippen LogP contribution in [0.4, 0.5) is 4.79 Å². The molecule has 4 N–H and O–H groups in total. The van der Waals surface area contributed by atoms with Crippen LogP contribution in [-0.2, 0) is 4.74 Å². The summed E-state index contributed by atoms with van der Waals surface area (Å²) in [6.45, 7) is 5.95. The Hall–Kier alpha value is -1.83. The number of hydrogen-bond donors (Lipinski definition) is 4. The Morgan fingerprint density at radius 3 is 1.83 bits per heavy atom. The molecule has 2 atom stereocenters. The molecule has 8 heteroatoms. The van der Waals surface area contributed by atoms with Crippen molar-refractivity contribution in [2.75, 3.05) is 20.1 Å². The van der Waals surface area contributed by atoms with E-state index < -0.39 is 23.9 Å². The Bertz CT molecular complexity index is 797. The molecule has 0 heterocycles. The highest BCUT2D eigenvalue weighted by atomic mass is 35.5. The fourth-order valence-electron chi connectivity index (χ4n) is 2.35. The zero-order chi connectivity index (χ0) is 22.7. The normalized spacial score (nSPS) is 12.9. The lowest BCUT2D eigenvalue weighted by atomic mass is 10.1. The molecule has 0 fully saturated rings. The van der Waals surface area contributed by atoms with Gasteiger partial charge in [-0.1, -0.05) is 47.5 Å². The number of alkyl carbamates (subject to hydrolysis) is 1. The van der Waals surface area contributed by atoms with E-state index in [1.165, 1.54) is 0 Å². The lowest BCUT2D eigenvalue weighted by molar-refractivity contribution is 0.0492. The van der Waals surface area contributed by atoms with Crippen molar-refractivity contribution in [1.82, 2.24) is 10.6 Å². The Balaban J connectivity index is 0.000000325. The summed E-state index contributed by atoms with van der Waals surface area (Å²) < 4.78 is 5.06. The average molecular weight is 457 g/mol. The number of aliphatic hydroxyl groups is 2. The average Bonchev–Trinajstić information content (AvgIpc) is 2.65. The maximum absolute atomic E-state index is 11.4. The molecule has 0 aliphatic carbocycles. The topological polar surface area (TPSA) is 90.8 Å². The van der Waals surface area contributed by atoms with Crippen LogP contribution in [0.1, 0.15) is 44.1 Å². The quantitative estimate of drug-likeness (QED) is 0.513. The molecule has 30 heavy (non-hydrogen) atoms. The van der Waals surface area contributed by atoms with Crippen LogP contribution in [0.2, 0.25) is 10.0 Å². The molecule has 2 aromatic carbocycles. The summed E-state index contributed by atoms with van der Waals surface area (Å²) in [6, 6.07) is 14.1. The molecular formula is C22H30Cl2N2O4. The summed E-state index contributed by atoms with van der Waals surface area (Å²) in [5.41, 5.74) is 0.945. The van der Waals surface area contributed by atoms with Gasteiger partial charge < -0.3 is 25.6 Å². The first-order valence-electron chi connectivity index (χ1n) is 9.50. The van der Waals surface area contributed by atoms with E-state index in [1.807, 2.05) is 12.1 Å². The summed E-state index contributed by atoms with van der Waals surface area (Å²) >= 11 is 11.6. The fourth-order valence-corrected chi connectivity index (χ4v) is 2.75. The van der Waals surface area contributed by atoms with Crippen LogP contribution in [-0.4, -0.2) is 42.0 Å². The van der Waals surface area contributed by atoms with E-state index in [4.69, 9.17) is 27.9 Å². The van der Waals surface area contributed by atoms with Gasteiger partial charge in [-0.05, 0) is 63.2 Å². The molecule has 6 nitrogen and oxygen atoms in total. The zero-order valence-corrected chi connectivity index (χ0v) is 19.2. The zero-order valence-electron chi connectivity index (χ0n) is 17.7. The SMILES string of the molecule is CC(C)(C)OC(=O)NC[C@H](O)c1cccc(Cl)c1.CNC[C@H](O)c1cccc(Cl)c1. The molecule has 0 saturated carbocycles. The third-order valence-electron chi connectivity index (χ3n) is 3.70. The molecule has 0 bridgehead atoms. The second kappa shape index (κ2) is 12.8. The number of halogens is 2. The van der Waals surface area contributed by atoms with E-state index in [9.17, 15) is 15.0 Å². The Morgan fingerprint density at radius 2 is 1.43 bits per heavy atom. The maximum Gasteiger partial charge on any atom is 0.407 e. The van der Waals surface area contributed by atoms with Crippen molar-refractivity contribution in [2.24, 2.45) is 0 Å². The van der Waals surface area contributed by atoms with Gasteiger partial charge in [0.15, 0.2) is 0 Å². The van der Waals surface area contributed by atoms with Crippen LogP contribution in [0.3, 0.4) is 0 Å². The number of hydrogen-bond acceptors (Lipinski definition) is 5. The minimum atomic E-state index is -0.809. The molecular weight excluding hydrogens is 427 g/mol. The summed E-state index contributed by atoms with van der Waals surface area (Å²) in [5.74, 6) is 0. The van der Waals surface area contributed by atoms with Gasteiger partial charge in [0, 0.05) is 16.6 Å². The predicted octanol–water partition coefficient (Wildman–Crippen LogP) is 4.49. The van der Waals surface area contributed by atoms with Gasteiger partial charge in [0.1, 0.15) is 5.60 Å². The lowest BCUT2D eigenvalue weighted by Gasteiger charge is -2.20. The van der Waals surface area contributed by atoms with Gasteiger partial charge in [-0.2, -0.15) is 0 Å². The monoisotopic (exact) mass is 456 g/mol. The fraction of sp³-hybridized carbons (Fsp3) is 0.409. The van der Waals surface area contributed by atoms with E-state index in [-0.39, 0.29) is 6.54 Å². The van der Waals surface area contributed by atoms with Crippen LogP contribution in [0, 0.1) is 0 Å². The van der Waals surface area contributed by atoms with Crippen LogP contribution >= 0.6 is 23.2 Å². The Morgan fingerprint density at radius 1 is 0.967 bits per heavy atom. The highest BCUT2D eigenvalue weighted by Crippen LogP contribution is 2.18. The number of nitrogens with one attached hydrogen (secondary N) is 2. The van der Waals surface area contributed by atoms with E-state index in [0.29, 0.717) is 22.2 Å². The highest BCUT2D eigenvalue weighted by Gasteiger charge is 2.17. The number of aliphatic hydroxyl groups excluding tert-OH is 2. The summed E-state index contributed by atoms with van der Waals surface area (Å²) in [5, 5.41) is 26.0. The molecule has 1 amide bonds. The molecule has 166 valence electrons. The molecule has 2 aromatic rings. The number of amides is 1. The molecule has 0 unspecified atom stereocenters. The molecule has 0 spiro atoms. The maximum atomic E-state index is 11.4. The van der Waals surface area contributed by atoms with Crippen LogP contribution in [0.25, 0.3) is 0 Å². The number of carbonyl (C=O) groups is 1. The summed E-state index contributed by atoms with van der Waals surface area (Å²) in [7, 11) is 1.80. The molecule has 0 aromatic heterocycles. The van der Waals surface area contributed by atoms with Crippen molar-refractivity contribution < 1.29 is 19.7 Å². The molecule has 0 aliphatic heterocycles. The number of rotatable bonds is 6. The van der Waals surface area contributed by atoms with Crippen molar-refractivity contribution in [2.45, 2.75) is 38.6 Å². The van der Waals surface area contributed by atoms with Crippen LogP contribution < -0.4 is 10.6 Å². The second-order valence-corrected chi connectivity index (χ2v) is 8.45.